The molecule has 0 saturated heterocycles. The zero-order chi connectivity index (χ0) is 9.80. The SMILES string of the molecule is Cn1cc(CNCc2nccs2)nn1. The molecule has 0 fully saturated rings. The molecule has 0 spiro atoms. The lowest BCUT2D eigenvalue weighted by Gasteiger charge is -1.97. The average Bonchev–Trinajstić information content (AvgIpc) is 2.77. The van der Waals surface area contributed by atoms with E-state index in [0.29, 0.717) is 0 Å². The van der Waals surface area contributed by atoms with Gasteiger partial charge < -0.3 is 5.32 Å². The number of hydrogen-bond donors (Lipinski definition) is 1. The van der Waals surface area contributed by atoms with Crippen LogP contribution in [0.25, 0.3) is 0 Å². The molecule has 5 nitrogen and oxygen atoms in total. The van der Waals surface area contributed by atoms with Crippen LogP contribution in [0.5, 0.6) is 0 Å². The van der Waals surface area contributed by atoms with Gasteiger partial charge in [0, 0.05) is 37.9 Å². The zero-order valence-corrected chi connectivity index (χ0v) is 8.66. The molecule has 0 aliphatic rings. The van der Waals surface area contributed by atoms with Crippen molar-refractivity contribution < 1.29 is 0 Å². The lowest BCUT2D eigenvalue weighted by Crippen LogP contribution is -2.12. The van der Waals surface area contributed by atoms with E-state index in [2.05, 4.69) is 20.6 Å². The maximum Gasteiger partial charge on any atom is 0.106 e. The maximum atomic E-state index is 4.17. The highest BCUT2D eigenvalue weighted by Gasteiger charge is 1.98. The first-order valence-electron chi connectivity index (χ1n) is 4.29. The highest BCUT2D eigenvalue weighted by atomic mass is 32.1. The molecule has 2 heterocycles. The van der Waals surface area contributed by atoms with Crippen LogP contribution in [0.2, 0.25) is 0 Å². The van der Waals surface area contributed by atoms with Gasteiger partial charge in [0.15, 0.2) is 0 Å². The van der Waals surface area contributed by atoms with Crippen LogP contribution in [0.15, 0.2) is 17.8 Å². The fraction of sp³-hybridized carbons (Fsp3) is 0.375. The molecular formula is C8H11N5S. The van der Waals surface area contributed by atoms with Crippen molar-refractivity contribution in [3.8, 4) is 0 Å². The lowest BCUT2D eigenvalue weighted by molar-refractivity contribution is 0.671. The Balaban J connectivity index is 1.78. The number of thiazole rings is 1. The predicted molar refractivity (Wildman–Crippen MR) is 53.7 cm³/mol. The molecule has 0 atom stereocenters. The first kappa shape index (κ1) is 9.29. The van der Waals surface area contributed by atoms with E-state index < -0.39 is 0 Å². The highest BCUT2D eigenvalue weighted by Crippen LogP contribution is 2.02. The predicted octanol–water partition coefficient (Wildman–Crippen LogP) is 0.561. The number of nitrogens with one attached hydrogen (secondary N) is 1. The molecule has 0 amide bonds. The molecule has 0 saturated carbocycles. The Kier molecular flexibility index (Phi) is 2.85. The van der Waals surface area contributed by atoms with Gasteiger partial charge in [0.25, 0.3) is 0 Å². The summed E-state index contributed by atoms with van der Waals surface area (Å²) >= 11 is 1.65. The molecule has 0 radical (unpaired) electrons. The summed E-state index contributed by atoms with van der Waals surface area (Å²) in [6.45, 7) is 1.52. The first-order chi connectivity index (χ1) is 6.84. The van der Waals surface area contributed by atoms with E-state index in [0.717, 1.165) is 23.8 Å². The third-order valence-corrected chi connectivity index (χ3v) is 2.50. The van der Waals surface area contributed by atoms with E-state index in [-0.39, 0.29) is 0 Å². The summed E-state index contributed by atoms with van der Waals surface area (Å²) in [4.78, 5) is 4.17. The molecule has 74 valence electrons. The number of aryl methyl sites for hydroxylation is 1. The van der Waals surface area contributed by atoms with Crippen LogP contribution in [0.3, 0.4) is 0 Å². The Morgan fingerprint density at radius 3 is 3.07 bits per heavy atom. The van der Waals surface area contributed by atoms with E-state index in [1.807, 2.05) is 24.8 Å². The molecule has 6 heteroatoms. The zero-order valence-electron chi connectivity index (χ0n) is 7.84. The topological polar surface area (TPSA) is 55.6 Å². The van der Waals surface area contributed by atoms with Gasteiger partial charge >= 0.3 is 0 Å². The van der Waals surface area contributed by atoms with Crippen molar-refractivity contribution in [3.05, 3.63) is 28.5 Å². The molecular weight excluding hydrogens is 198 g/mol. The summed E-state index contributed by atoms with van der Waals surface area (Å²) < 4.78 is 1.69. The third kappa shape index (κ3) is 2.36. The van der Waals surface area contributed by atoms with Gasteiger partial charge in [-0.2, -0.15) is 0 Å². The van der Waals surface area contributed by atoms with Crippen LogP contribution in [0.1, 0.15) is 10.7 Å². The Bertz CT molecular complexity index is 380. The van der Waals surface area contributed by atoms with E-state index in [1.54, 1.807) is 16.0 Å². The molecule has 0 unspecified atom stereocenters. The maximum absolute atomic E-state index is 4.17. The van der Waals surface area contributed by atoms with Gasteiger partial charge in [-0.3, -0.25) is 4.68 Å². The number of aromatic nitrogens is 4. The minimum atomic E-state index is 0.730. The molecule has 2 rings (SSSR count). The normalized spacial score (nSPS) is 10.6. The second kappa shape index (κ2) is 4.30. The third-order valence-electron chi connectivity index (χ3n) is 1.72. The minimum Gasteiger partial charge on any atom is -0.305 e. The van der Waals surface area contributed by atoms with Crippen molar-refractivity contribution in [2.75, 3.05) is 0 Å². The van der Waals surface area contributed by atoms with Crippen LogP contribution in [-0.4, -0.2) is 20.0 Å². The largest absolute Gasteiger partial charge is 0.305 e. The van der Waals surface area contributed by atoms with Crippen molar-refractivity contribution in [1.29, 1.82) is 0 Å². The molecule has 0 aliphatic carbocycles. The van der Waals surface area contributed by atoms with Crippen molar-refractivity contribution in [2.45, 2.75) is 13.1 Å². The van der Waals surface area contributed by atoms with Crippen molar-refractivity contribution in [3.63, 3.8) is 0 Å². The molecule has 2 aromatic heterocycles. The van der Waals surface area contributed by atoms with Crippen LogP contribution < -0.4 is 5.32 Å². The van der Waals surface area contributed by atoms with Gasteiger partial charge in [0.2, 0.25) is 0 Å². The number of rotatable bonds is 4. The number of nitrogens with zero attached hydrogens (tertiary/aromatic N) is 4. The molecule has 0 aliphatic heterocycles. The van der Waals surface area contributed by atoms with Gasteiger partial charge in [-0.1, -0.05) is 5.21 Å². The van der Waals surface area contributed by atoms with E-state index in [9.17, 15) is 0 Å². The molecule has 0 aromatic carbocycles. The summed E-state index contributed by atoms with van der Waals surface area (Å²) in [5.74, 6) is 0. The second-order valence-electron chi connectivity index (χ2n) is 2.91. The molecule has 0 bridgehead atoms. The lowest BCUT2D eigenvalue weighted by atomic mass is 10.4. The summed E-state index contributed by atoms with van der Waals surface area (Å²) in [7, 11) is 1.86. The first-order valence-corrected chi connectivity index (χ1v) is 5.17. The van der Waals surface area contributed by atoms with Crippen molar-refractivity contribution in [2.24, 2.45) is 7.05 Å². The van der Waals surface area contributed by atoms with Gasteiger partial charge in [-0.05, 0) is 0 Å². The Morgan fingerprint density at radius 1 is 1.50 bits per heavy atom. The van der Waals surface area contributed by atoms with Crippen LogP contribution in [0, 0.1) is 0 Å². The minimum absolute atomic E-state index is 0.730. The van der Waals surface area contributed by atoms with Gasteiger partial charge in [-0.25, -0.2) is 4.98 Å². The summed E-state index contributed by atoms with van der Waals surface area (Å²) in [5, 5.41) is 14.1. The quantitative estimate of drug-likeness (QED) is 0.799. The standard InChI is InChI=1S/C8H11N5S/c1-13-6-7(11-12-13)4-9-5-8-10-2-3-14-8/h2-3,6,9H,4-5H2,1H3. The smallest absolute Gasteiger partial charge is 0.106 e. The van der Waals surface area contributed by atoms with Crippen LogP contribution in [-0.2, 0) is 20.1 Å². The summed E-state index contributed by atoms with van der Waals surface area (Å²) in [5.41, 5.74) is 0.948. The second-order valence-corrected chi connectivity index (χ2v) is 3.89. The Labute approximate surface area is 85.8 Å². The number of hydrogen-bond acceptors (Lipinski definition) is 5. The van der Waals surface area contributed by atoms with Crippen LogP contribution in [0.4, 0.5) is 0 Å². The Hall–Kier alpha value is -1.27. The average molecular weight is 209 g/mol. The fourth-order valence-corrected chi connectivity index (χ4v) is 1.70. The Morgan fingerprint density at radius 2 is 2.43 bits per heavy atom. The summed E-state index contributed by atoms with van der Waals surface area (Å²) in [6.07, 6.45) is 3.71. The van der Waals surface area contributed by atoms with Gasteiger partial charge in [0.1, 0.15) is 5.01 Å². The van der Waals surface area contributed by atoms with Gasteiger partial charge in [0.05, 0.1) is 5.69 Å². The fourth-order valence-electron chi connectivity index (χ4n) is 1.11. The van der Waals surface area contributed by atoms with E-state index in [4.69, 9.17) is 0 Å². The highest BCUT2D eigenvalue weighted by molar-refractivity contribution is 7.09. The monoisotopic (exact) mass is 209 g/mol. The van der Waals surface area contributed by atoms with Crippen LogP contribution >= 0.6 is 11.3 Å². The molecule has 1 N–H and O–H groups in total. The summed E-state index contributed by atoms with van der Waals surface area (Å²) in [6, 6.07) is 0. The molecule has 14 heavy (non-hydrogen) atoms. The van der Waals surface area contributed by atoms with Crippen molar-refractivity contribution >= 4 is 11.3 Å². The molecule has 2 aromatic rings. The van der Waals surface area contributed by atoms with Crippen molar-refractivity contribution in [1.82, 2.24) is 25.3 Å². The van der Waals surface area contributed by atoms with E-state index in [1.165, 1.54) is 0 Å². The van der Waals surface area contributed by atoms with E-state index >= 15 is 0 Å². The van der Waals surface area contributed by atoms with Gasteiger partial charge in [-0.15, -0.1) is 16.4 Å².